The monoisotopic (exact) mass is 332 g/mol. The molecular weight excluding hydrogens is 325 g/mol. The van der Waals surface area contributed by atoms with Gasteiger partial charge in [0.15, 0.2) is 11.8 Å². The maximum Gasteiger partial charge on any atom is 0.436 e. The molecule has 0 fully saturated rings. The number of alkyl halides is 3. The molecule has 0 aliphatic rings. The lowest BCUT2D eigenvalue weighted by molar-refractivity contribution is -0.142. The van der Waals surface area contributed by atoms with Crippen molar-refractivity contribution in [1.29, 1.82) is 5.26 Å². The molecule has 1 aromatic rings. The van der Waals surface area contributed by atoms with Crippen molar-refractivity contribution < 1.29 is 13.2 Å². The number of hydrogen-bond donors (Lipinski definition) is 0. The van der Waals surface area contributed by atoms with Gasteiger partial charge in [0.1, 0.15) is 6.54 Å². The summed E-state index contributed by atoms with van der Waals surface area (Å²) < 4.78 is 38.4. The third kappa shape index (κ3) is 3.36. The minimum Gasteiger partial charge on any atom is -0.292 e. The summed E-state index contributed by atoms with van der Waals surface area (Å²) in [6.07, 6.45) is -2.06. The van der Waals surface area contributed by atoms with Gasteiger partial charge in [0.05, 0.1) is 10.9 Å². The summed E-state index contributed by atoms with van der Waals surface area (Å²) in [6, 6.07) is 1.80. The minimum atomic E-state index is -4.59. The van der Waals surface area contributed by atoms with E-state index in [1.54, 1.807) is 6.07 Å². The van der Waals surface area contributed by atoms with Crippen LogP contribution >= 0.6 is 15.9 Å². The molecule has 0 spiro atoms. The molecule has 0 N–H and O–H groups in total. The van der Waals surface area contributed by atoms with E-state index in [-0.39, 0.29) is 17.4 Å². The molecule has 0 radical (unpaired) electrons. The van der Waals surface area contributed by atoms with Gasteiger partial charge in [0, 0.05) is 6.20 Å². The zero-order chi connectivity index (χ0) is 14.7. The minimum absolute atomic E-state index is 0.0475. The lowest BCUT2D eigenvalue weighted by Gasteiger charge is -2.12. The van der Waals surface area contributed by atoms with E-state index in [0.717, 1.165) is 10.9 Å². The Labute approximate surface area is 116 Å². The first kappa shape index (κ1) is 15.3. The smallest absolute Gasteiger partial charge is 0.292 e. The number of halogens is 4. The number of rotatable bonds is 4. The van der Waals surface area contributed by atoms with Crippen molar-refractivity contribution in [3.63, 3.8) is 0 Å². The van der Waals surface area contributed by atoms with E-state index < -0.39 is 17.4 Å². The number of nitriles is 1. The standard InChI is InChI=1S/C11H8BrF3N4/c1-3-4-10(6-16,17-2)7-19-5-8(12)9(18-19)11(13,14)15/h3,5H,1,4,7H2. The van der Waals surface area contributed by atoms with Gasteiger partial charge in [0.25, 0.3) is 0 Å². The van der Waals surface area contributed by atoms with Gasteiger partial charge in [-0.15, -0.1) is 6.58 Å². The zero-order valence-corrected chi connectivity index (χ0v) is 11.2. The summed E-state index contributed by atoms with van der Waals surface area (Å²) in [7, 11) is 0. The van der Waals surface area contributed by atoms with Crippen LogP contribution in [0.3, 0.4) is 0 Å². The van der Waals surface area contributed by atoms with Gasteiger partial charge < -0.3 is 0 Å². The molecule has 1 rings (SSSR count). The average molecular weight is 333 g/mol. The lowest BCUT2D eigenvalue weighted by Crippen LogP contribution is -2.28. The number of nitrogens with zero attached hydrogens (tertiary/aromatic N) is 4. The number of hydrogen-bond acceptors (Lipinski definition) is 2. The summed E-state index contributed by atoms with van der Waals surface area (Å²) in [5.74, 6) is 0. The maximum absolute atomic E-state index is 12.6. The van der Waals surface area contributed by atoms with Gasteiger partial charge in [-0.1, -0.05) is 6.08 Å². The highest BCUT2D eigenvalue weighted by Crippen LogP contribution is 2.33. The largest absolute Gasteiger partial charge is 0.436 e. The maximum atomic E-state index is 12.6. The number of aromatic nitrogens is 2. The van der Waals surface area contributed by atoms with E-state index in [1.807, 2.05) is 0 Å². The van der Waals surface area contributed by atoms with Crippen molar-refractivity contribution in [2.24, 2.45) is 0 Å². The molecule has 0 aliphatic carbocycles. The van der Waals surface area contributed by atoms with E-state index in [0.29, 0.717) is 0 Å². The Kier molecular flexibility index (Phi) is 4.38. The Hall–Kier alpha value is -1.80. The van der Waals surface area contributed by atoms with E-state index in [4.69, 9.17) is 11.8 Å². The second kappa shape index (κ2) is 5.45. The van der Waals surface area contributed by atoms with Crippen molar-refractivity contribution in [3.05, 3.63) is 40.4 Å². The molecular formula is C11H8BrF3N4. The first-order valence-corrected chi connectivity index (χ1v) is 5.78. The van der Waals surface area contributed by atoms with Crippen LogP contribution in [0.15, 0.2) is 23.3 Å². The molecule has 0 aromatic carbocycles. The van der Waals surface area contributed by atoms with Crippen LogP contribution in [-0.2, 0) is 12.7 Å². The van der Waals surface area contributed by atoms with Crippen molar-refractivity contribution >= 4 is 15.9 Å². The fraction of sp³-hybridized carbons (Fsp3) is 0.364. The van der Waals surface area contributed by atoms with Gasteiger partial charge >= 0.3 is 11.7 Å². The Morgan fingerprint density at radius 1 is 1.63 bits per heavy atom. The second-order valence-corrected chi connectivity index (χ2v) is 4.62. The second-order valence-electron chi connectivity index (χ2n) is 3.77. The first-order chi connectivity index (χ1) is 8.78. The van der Waals surface area contributed by atoms with Gasteiger partial charge in [-0.3, -0.25) is 9.53 Å². The van der Waals surface area contributed by atoms with Crippen LogP contribution in [0.25, 0.3) is 4.85 Å². The van der Waals surface area contributed by atoms with Crippen molar-refractivity contribution in [2.75, 3.05) is 0 Å². The summed E-state index contributed by atoms with van der Waals surface area (Å²) in [5, 5.41) is 12.4. The highest BCUT2D eigenvalue weighted by Gasteiger charge is 2.40. The Morgan fingerprint density at radius 3 is 2.63 bits per heavy atom. The highest BCUT2D eigenvalue weighted by molar-refractivity contribution is 9.10. The average Bonchev–Trinajstić information content (AvgIpc) is 2.69. The molecule has 1 atom stereocenters. The summed E-state index contributed by atoms with van der Waals surface area (Å²) in [4.78, 5) is 3.18. The van der Waals surface area contributed by atoms with Crippen molar-refractivity contribution in [1.82, 2.24) is 9.78 Å². The third-order valence-corrected chi connectivity index (χ3v) is 2.89. The van der Waals surface area contributed by atoms with E-state index in [2.05, 4.69) is 32.5 Å². The molecule has 0 amide bonds. The van der Waals surface area contributed by atoms with Gasteiger partial charge in [-0.25, -0.2) is 6.57 Å². The molecule has 0 saturated carbocycles. The molecule has 1 heterocycles. The molecule has 0 bridgehead atoms. The quantitative estimate of drug-likeness (QED) is 0.626. The Bertz CT molecular complexity index is 548. The van der Waals surface area contributed by atoms with Crippen LogP contribution in [0.1, 0.15) is 12.1 Å². The van der Waals surface area contributed by atoms with Crippen LogP contribution in [-0.4, -0.2) is 15.3 Å². The topological polar surface area (TPSA) is 46.0 Å². The zero-order valence-electron chi connectivity index (χ0n) is 9.58. The molecule has 100 valence electrons. The summed E-state index contributed by atoms with van der Waals surface area (Å²) in [6.45, 7) is 10.2. The molecule has 4 nitrogen and oxygen atoms in total. The van der Waals surface area contributed by atoms with E-state index >= 15 is 0 Å². The lowest BCUT2D eigenvalue weighted by atomic mass is 9.98. The van der Waals surface area contributed by atoms with E-state index in [1.165, 1.54) is 6.08 Å². The molecule has 0 aliphatic heterocycles. The molecule has 8 heteroatoms. The Balaban J connectivity index is 3.11. The normalized spacial score (nSPS) is 14.2. The fourth-order valence-corrected chi connectivity index (χ4v) is 1.97. The van der Waals surface area contributed by atoms with Gasteiger partial charge in [-0.2, -0.15) is 23.5 Å². The predicted octanol–water partition coefficient (Wildman–Crippen LogP) is 3.42. The van der Waals surface area contributed by atoms with E-state index in [9.17, 15) is 13.2 Å². The molecule has 1 aromatic heterocycles. The highest BCUT2D eigenvalue weighted by atomic mass is 79.9. The summed E-state index contributed by atoms with van der Waals surface area (Å²) >= 11 is 2.76. The van der Waals surface area contributed by atoms with Crippen molar-refractivity contribution in [3.8, 4) is 6.07 Å². The molecule has 1 unspecified atom stereocenters. The van der Waals surface area contributed by atoms with Crippen LogP contribution < -0.4 is 0 Å². The Morgan fingerprint density at radius 2 is 2.26 bits per heavy atom. The van der Waals surface area contributed by atoms with Crippen molar-refractivity contribution in [2.45, 2.75) is 24.7 Å². The first-order valence-electron chi connectivity index (χ1n) is 4.99. The SMILES string of the molecule is [C-]#[N+]C(C#N)(CC=C)Cn1cc(Br)c(C(F)(F)F)n1. The fourth-order valence-electron chi connectivity index (χ4n) is 1.43. The van der Waals surface area contributed by atoms with Crippen LogP contribution in [0.5, 0.6) is 0 Å². The predicted molar refractivity (Wildman–Crippen MR) is 64.7 cm³/mol. The molecule has 19 heavy (non-hydrogen) atoms. The van der Waals surface area contributed by atoms with Gasteiger partial charge in [0.2, 0.25) is 0 Å². The molecule has 0 saturated heterocycles. The van der Waals surface area contributed by atoms with Crippen LogP contribution in [0, 0.1) is 17.9 Å². The van der Waals surface area contributed by atoms with Gasteiger partial charge in [-0.05, 0) is 15.9 Å². The van der Waals surface area contributed by atoms with Crippen LogP contribution in [0.4, 0.5) is 13.2 Å². The van der Waals surface area contributed by atoms with Crippen LogP contribution in [0.2, 0.25) is 0 Å². The summed E-state index contributed by atoms with van der Waals surface area (Å²) in [5.41, 5.74) is -2.57. The third-order valence-electron chi connectivity index (χ3n) is 2.31.